The Balaban J connectivity index is 2.38. The summed E-state index contributed by atoms with van der Waals surface area (Å²) >= 11 is 7.82. The first-order valence-electron chi connectivity index (χ1n) is 5.38. The molecule has 0 spiro atoms. The van der Waals surface area contributed by atoms with Gasteiger partial charge >= 0.3 is 0 Å². The molecule has 0 amide bonds. The van der Waals surface area contributed by atoms with Gasteiger partial charge in [0.15, 0.2) is 11.0 Å². The fourth-order valence-corrected chi connectivity index (χ4v) is 2.49. The van der Waals surface area contributed by atoms with Gasteiger partial charge < -0.3 is 5.32 Å². The van der Waals surface area contributed by atoms with Crippen molar-refractivity contribution in [3.05, 3.63) is 29.4 Å². The fraction of sp³-hybridized carbons (Fsp3) is 0.333. The molecule has 1 atom stereocenters. The van der Waals surface area contributed by atoms with E-state index in [1.54, 1.807) is 11.8 Å². The van der Waals surface area contributed by atoms with E-state index in [2.05, 4.69) is 28.7 Å². The molecule has 0 saturated heterocycles. The number of hydrogen-bond acceptors (Lipinski definition) is 4. The van der Waals surface area contributed by atoms with Gasteiger partial charge in [-0.3, -0.25) is 0 Å². The van der Waals surface area contributed by atoms with Crippen LogP contribution in [0, 0.1) is 0 Å². The zero-order chi connectivity index (χ0) is 12.3. The van der Waals surface area contributed by atoms with Crippen molar-refractivity contribution in [1.82, 2.24) is 10.2 Å². The van der Waals surface area contributed by atoms with Crippen LogP contribution >= 0.6 is 23.4 Å². The highest BCUT2D eigenvalue weighted by Crippen LogP contribution is 2.26. The average Bonchev–Trinajstić information content (AvgIpc) is 2.34. The number of rotatable bonds is 4. The van der Waals surface area contributed by atoms with Gasteiger partial charge in [0.2, 0.25) is 0 Å². The summed E-state index contributed by atoms with van der Waals surface area (Å²) < 4.78 is 0. The highest BCUT2D eigenvalue weighted by Gasteiger charge is 2.09. The third-order valence-corrected chi connectivity index (χ3v) is 3.55. The summed E-state index contributed by atoms with van der Waals surface area (Å²) in [5.74, 6) is 1.82. The van der Waals surface area contributed by atoms with Gasteiger partial charge in [-0.25, -0.2) is 0 Å². The SMILES string of the molecule is CSCC(C)Nc1nnc(Cl)c2ccccc12. The molecular weight excluding hydrogens is 254 g/mol. The van der Waals surface area contributed by atoms with Crippen molar-refractivity contribution < 1.29 is 0 Å². The van der Waals surface area contributed by atoms with E-state index in [4.69, 9.17) is 11.6 Å². The smallest absolute Gasteiger partial charge is 0.159 e. The Kier molecular flexibility index (Phi) is 4.07. The summed E-state index contributed by atoms with van der Waals surface area (Å²) in [6.45, 7) is 2.13. The molecule has 17 heavy (non-hydrogen) atoms. The molecule has 1 heterocycles. The molecule has 0 bridgehead atoms. The third kappa shape index (κ3) is 2.82. The molecule has 1 N–H and O–H groups in total. The summed E-state index contributed by atoms with van der Waals surface area (Å²) in [5, 5.41) is 13.8. The normalized spacial score (nSPS) is 12.6. The molecule has 0 saturated carbocycles. The second kappa shape index (κ2) is 5.56. The Morgan fingerprint density at radius 1 is 1.29 bits per heavy atom. The minimum atomic E-state index is 0.351. The van der Waals surface area contributed by atoms with Crippen molar-refractivity contribution in [2.24, 2.45) is 0 Å². The minimum Gasteiger partial charge on any atom is -0.365 e. The standard InChI is InChI=1S/C12H14ClN3S/c1-8(7-17-2)14-12-10-6-4-3-5-9(10)11(13)15-16-12/h3-6,8H,7H2,1-2H3,(H,14,16). The van der Waals surface area contributed by atoms with Gasteiger partial charge in [0, 0.05) is 22.6 Å². The van der Waals surface area contributed by atoms with Crippen molar-refractivity contribution >= 4 is 40.0 Å². The Morgan fingerprint density at radius 2 is 2.00 bits per heavy atom. The largest absolute Gasteiger partial charge is 0.365 e. The minimum absolute atomic E-state index is 0.351. The van der Waals surface area contributed by atoms with Crippen LogP contribution in [-0.2, 0) is 0 Å². The number of thioether (sulfide) groups is 1. The molecule has 5 heteroatoms. The van der Waals surface area contributed by atoms with Gasteiger partial charge in [0.05, 0.1) is 0 Å². The number of aromatic nitrogens is 2. The van der Waals surface area contributed by atoms with Gasteiger partial charge in [0.25, 0.3) is 0 Å². The number of nitrogens with one attached hydrogen (secondary N) is 1. The van der Waals surface area contributed by atoms with Crippen molar-refractivity contribution in [1.29, 1.82) is 0 Å². The van der Waals surface area contributed by atoms with Crippen molar-refractivity contribution in [3.63, 3.8) is 0 Å². The lowest BCUT2D eigenvalue weighted by atomic mass is 10.2. The van der Waals surface area contributed by atoms with Gasteiger partial charge in [0.1, 0.15) is 0 Å². The van der Waals surface area contributed by atoms with Crippen LogP contribution in [0.3, 0.4) is 0 Å². The number of hydrogen-bond donors (Lipinski definition) is 1. The van der Waals surface area contributed by atoms with Crippen LogP contribution in [0.5, 0.6) is 0 Å². The van der Waals surface area contributed by atoms with Crippen LogP contribution < -0.4 is 5.32 Å². The number of nitrogens with zero attached hydrogens (tertiary/aromatic N) is 2. The Bertz CT molecular complexity index is 518. The van der Waals surface area contributed by atoms with Crippen molar-refractivity contribution in [3.8, 4) is 0 Å². The molecule has 0 fully saturated rings. The van der Waals surface area contributed by atoms with Crippen LogP contribution in [0.15, 0.2) is 24.3 Å². The maximum absolute atomic E-state index is 6.02. The predicted octanol–water partition coefficient (Wildman–Crippen LogP) is 3.45. The maximum Gasteiger partial charge on any atom is 0.159 e. The molecule has 90 valence electrons. The fourth-order valence-electron chi connectivity index (χ4n) is 1.70. The topological polar surface area (TPSA) is 37.8 Å². The maximum atomic E-state index is 6.02. The third-order valence-electron chi connectivity index (χ3n) is 2.44. The quantitative estimate of drug-likeness (QED) is 0.921. The van der Waals surface area contributed by atoms with Gasteiger partial charge in [-0.2, -0.15) is 11.8 Å². The van der Waals surface area contributed by atoms with Crippen LogP contribution in [0.1, 0.15) is 6.92 Å². The van der Waals surface area contributed by atoms with Gasteiger partial charge in [-0.1, -0.05) is 35.9 Å². The van der Waals surface area contributed by atoms with E-state index in [1.807, 2.05) is 24.3 Å². The van der Waals surface area contributed by atoms with E-state index in [-0.39, 0.29) is 0 Å². The highest BCUT2D eigenvalue weighted by atomic mass is 35.5. The number of benzene rings is 1. The summed E-state index contributed by atoms with van der Waals surface area (Å²) in [6, 6.07) is 8.24. The van der Waals surface area contributed by atoms with Crippen LogP contribution in [0.4, 0.5) is 5.82 Å². The Hall–Kier alpha value is -1.00. The molecular formula is C12H14ClN3S. The molecule has 0 aliphatic rings. The number of fused-ring (bicyclic) bond motifs is 1. The first-order valence-corrected chi connectivity index (χ1v) is 7.16. The van der Waals surface area contributed by atoms with Crippen LogP contribution in [0.2, 0.25) is 5.15 Å². The Labute approximate surface area is 110 Å². The van der Waals surface area contributed by atoms with E-state index in [0.29, 0.717) is 11.2 Å². The van der Waals surface area contributed by atoms with Crippen LogP contribution in [0.25, 0.3) is 10.8 Å². The van der Waals surface area contributed by atoms with E-state index in [1.165, 1.54) is 0 Å². The van der Waals surface area contributed by atoms with Gasteiger partial charge in [-0.15, -0.1) is 10.2 Å². The molecule has 0 aliphatic heterocycles. The molecule has 0 radical (unpaired) electrons. The molecule has 1 unspecified atom stereocenters. The lowest BCUT2D eigenvalue weighted by Crippen LogP contribution is -2.19. The second-order valence-electron chi connectivity index (χ2n) is 3.89. The molecule has 0 aliphatic carbocycles. The summed E-state index contributed by atoms with van der Waals surface area (Å²) in [5.41, 5.74) is 0. The van der Waals surface area contributed by atoms with Crippen LogP contribution in [-0.4, -0.2) is 28.2 Å². The molecule has 2 aromatic rings. The first-order chi connectivity index (χ1) is 8.22. The lowest BCUT2D eigenvalue weighted by molar-refractivity contribution is 0.891. The lowest BCUT2D eigenvalue weighted by Gasteiger charge is -2.14. The number of anilines is 1. The molecule has 1 aromatic heterocycles. The number of halogens is 1. The first kappa shape index (κ1) is 12.5. The molecule has 1 aromatic carbocycles. The Morgan fingerprint density at radius 3 is 2.71 bits per heavy atom. The zero-order valence-corrected chi connectivity index (χ0v) is 11.3. The van der Waals surface area contributed by atoms with E-state index < -0.39 is 0 Å². The molecule has 2 rings (SSSR count). The predicted molar refractivity (Wildman–Crippen MR) is 76.0 cm³/mol. The summed E-state index contributed by atoms with van der Waals surface area (Å²) in [6.07, 6.45) is 2.09. The summed E-state index contributed by atoms with van der Waals surface area (Å²) in [4.78, 5) is 0. The van der Waals surface area contributed by atoms with Crippen molar-refractivity contribution in [2.75, 3.05) is 17.3 Å². The highest BCUT2D eigenvalue weighted by molar-refractivity contribution is 7.98. The molecule has 3 nitrogen and oxygen atoms in total. The summed E-state index contributed by atoms with van der Waals surface area (Å²) in [7, 11) is 0. The van der Waals surface area contributed by atoms with E-state index >= 15 is 0 Å². The monoisotopic (exact) mass is 267 g/mol. The van der Waals surface area contributed by atoms with E-state index in [0.717, 1.165) is 22.3 Å². The van der Waals surface area contributed by atoms with Gasteiger partial charge in [-0.05, 0) is 13.2 Å². The zero-order valence-electron chi connectivity index (χ0n) is 9.77. The van der Waals surface area contributed by atoms with E-state index in [9.17, 15) is 0 Å². The second-order valence-corrected chi connectivity index (χ2v) is 5.15. The van der Waals surface area contributed by atoms with Crippen molar-refractivity contribution in [2.45, 2.75) is 13.0 Å². The average molecular weight is 268 g/mol.